The summed E-state index contributed by atoms with van der Waals surface area (Å²) < 4.78 is 24.8. The molecule has 1 aliphatic heterocycles. The van der Waals surface area contributed by atoms with Crippen molar-refractivity contribution in [2.45, 2.75) is 19.4 Å². The number of ether oxygens (including phenoxy) is 1. The van der Waals surface area contributed by atoms with E-state index in [1.165, 1.54) is 0 Å². The van der Waals surface area contributed by atoms with Crippen LogP contribution in [0.2, 0.25) is 0 Å². The van der Waals surface area contributed by atoms with Crippen LogP contribution in [0.4, 0.5) is 4.39 Å². The molecule has 1 fully saturated rings. The van der Waals surface area contributed by atoms with Crippen molar-refractivity contribution in [2.24, 2.45) is 5.92 Å². The van der Waals surface area contributed by atoms with Crippen LogP contribution in [0, 0.1) is 5.92 Å². The number of nitrogens with zero attached hydrogens (tertiary/aromatic N) is 2. The third-order valence-corrected chi connectivity index (χ3v) is 6.76. The lowest BCUT2D eigenvalue weighted by Crippen LogP contribution is -2.35. The molecule has 7 heteroatoms. The van der Waals surface area contributed by atoms with E-state index in [1.807, 2.05) is 24.3 Å². The Morgan fingerprint density at radius 3 is 2.17 bits per heavy atom. The van der Waals surface area contributed by atoms with Crippen molar-refractivity contribution in [3.63, 3.8) is 0 Å². The highest BCUT2D eigenvalue weighted by atomic mass is 19.1. The fraction of sp³-hybridized carbons (Fsp3) is 0.276. The average molecular weight is 489 g/mol. The second-order valence-electron chi connectivity index (χ2n) is 9.32. The molecule has 1 saturated heterocycles. The van der Waals surface area contributed by atoms with Crippen LogP contribution in [0.5, 0.6) is 17.2 Å². The molecule has 1 aliphatic rings. The molecule has 3 aromatic carbocycles. The number of alkyl halides is 1. The van der Waals surface area contributed by atoms with Crippen LogP contribution in [0.1, 0.15) is 13.3 Å². The van der Waals surface area contributed by atoms with E-state index in [0.29, 0.717) is 18.1 Å². The molecule has 2 unspecified atom stereocenters. The maximum absolute atomic E-state index is 13.0. The third kappa shape index (κ3) is 5.06. The Bertz CT molecular complexity index is 1220. The predicted molar refractivity (Wildman–Crippen MR) is 137 cm³/mol. The first-order valence-corrected chi connectivity index (χ1v) is 12.1. The number of phenolic OH excluding ortho intramolecular Hbond substituents is 2. The Kier molecular flexibility index (Phi) is 6.91. The number of hydrogen-bond acceptors (Lipinski definition) is 6. The van der Waals surface area contributed by atoms with Gasteiger partial charge in [0.2, 0.25) is 0 Å². The normalized spacial score (nSPS) is 16.8. The molecule has 1 aromatic heterocycles. The number of hydrogen-bond donors (Lipinski definition) is 2. The fourth-order valence-electron chi connectivity index (χ4n) is 4.61. The van der Waals surface area contributed by atoms with Crippen LogP contribution >= 0.6 is 0 Å². The van der Waals surface area contributed by atoms with Crippen molar-refractivity contribution in [1.29, 1.82) is 0 Å². The largest absolute Gasteiger partial charge is 0.508 e. The van der Waals surface area contributed by atoms with E-state index in [1.54, 1.807) is 48.5 Å². The molecule has 186 valence electrons. The van der Waals surface area contributed by atoms with Gasteiger partial charge >= 0.3 is 0 Å². The van der Waals surface area contributed by atoms with Gasteiger partial charge in [-0.2, -0.15) is 0 Å². The van der Waals surface area contributed by atoms with Crippen molar-refractivity contribution in [3.8, 4) is 51.0 Å². The van der Waals surface area contributed by atoms with Crippen molar-refractivity contribution in [3.05, 3.63) is 72.8 Å². The lowest BCUT2D eigenvalue weighted by Gasteiger charge is -2.24. The number of aromatic hydroxyl groups is 2. The van der Waals surface area contributed by atoms with Crippen LogP contribution in [-0.4, -0.2) is 52.7 Å². The van der Waals surface area contributed by atoms with Gasteiger partial charge in [0.1, 0.15) is 29.5 Å². The molecule has 5 rings (SSSR count). The highest BCUT2D eigenvalue weighted by Gasteiger charge is 2.26. The summed E-state index contributed by atoms with van der Waals surface area (Å²) in [6, 6.07) is 21.6. The van der Waals surface area contributed by atoms with Gasteiger partial charge in [-0.3, -0.25) is 9.29 Å². The molecular formula is C29H29FN2O4. The molecule has 2 atom stereocenters. The summed E-state index contributed by atoms with van der Waals surface area (Å²) in [6.45, 7) is 4.08. The van der Waals surface area contributed by atoms with E-state index in [0.717, 1.165) is 47.5 Å². The van der Waals surface area contributed by atoms with Gasteiger partial charge in [0.15, 0.2) is 5.76 Å². The lowest BCUT2D eigenvalue weighted by molar-refractivity contribution is 0.166. The smallest absolute Gasteiger partial charge is 0.175 e. The molecule has 6 nitrogen and oxygen atoms in total. The van der Waals surface area contributed by atoms with Gasteiger partial charge in [-0.15, -0.1) is 0 Å². The summed E-state index contributed by atoms with van der Waals surface area (Å²) in [4.78, 5) is 2.28. The van der Waals surface area contributed by atoms with Crippen molar-refractivity contribution >= 4 is 0 Å². The summed E-state index contributed by atoms with van der Waals surface area (Å²) >= 11 is 0. The highest BCUT2D eigenvalue weighted by Crippen LogP contribution is 2.41. The molecule has 2 heterocycles. The Hall–Kier alpha value is -3.84. The quantitative estimate of drug-likeness (QED) is 0.310. The molecular weight excluding hydrogens is 459 g/mol. The van der Waals surface area contributed by atoms with E-state index in [9.17, 15) is 14.6 Å². The first-order chi connectivity index (χ1) is 17.5. The molecule has 4 aromatic rings. The highest BCUT2D eigenvalue weighted by molar-refractivity contribution is 5.90. The van der Waals surface area contributed by atoms with Gasteiger partial charge in [-0.1, -0.05) is 17.3 Å². The van der Waals surface area contributed by atoms with E-state index < -0.39 is 0 Å². The van der Waals surface area contributed by atoms with E-state index in [-0.39, 0.29) is 30.1 Å². The van der Waals surface area contributed by atoms with Crippen molar-refractivity contribution in [2.75, 3.05) is 26.4 Å². The maximum atomic E-state index is 13.0. The van der Waals surface area contributed by atoms with Crippen molar-refractivity contribution in [1.82, 2.24) is 10.1 Å². The SMILES string of the molecule is CC(COc1ccc(-c2c(-c3ccc(O)cc3)noc2-c2ccc(O)cc2)cc1)N1CCC(CF)C1. The van der Waals surface area contributed by atoms with Crippen LogP contribution in [0.3, 0.4) is 0 Å². The molecule has 2 N–H and O–H groups in total. The van der Waals surface area contributed by atoms with Gasteiger partial charge in [0.25, 0.3) is 0 Å². The molecule has 0 radical (unpaired) electrons. The zero-order chi connectivity index (χ0) is 25.1. The minimum atomic E-state index is -0.257. The Morgan fingerprint density at radius 1 is 0.944 bits per heavy atom. The number of aromatic nitrogens is 1. The summed E-state index contributed by atoms with van der Waals surface area (Å²) in [5.74, 6) is 1.81. The summed E-state index contributed by atoms with van der Waals surface area (Å²) in [5, 5.41) is 23.8. The topological polar surface area (TPSA) is 79.0 Å². The number of rotatable bonds is 8. The fourth-order valence-corrected chi connectivity index (χ4v) is 4.61. The van der Waals surface area contributed by atoms with Crippen LogP contribution in [0.15, 0.2) is 77.3 Å². The molecule has 36 heavy (non-hydrogen) atoms. The first kappa shape index (κ1) is 23.9. The van der Waals surface area contributed by atoms with Gasteiger partial charge in [0, 0.05) is 29.6 Å². The average Bonchev–Trinajstić information content (AvgIpc) is 3.56. The van der Waals surface area contributed by atoms with E-state index in [4.69, 9.17) is 9.26 Å². The van der Waals surface area contributed by atoms with Crippen LogP contribution < -0.4 is 4.74 Å². The van der Waals surface area contributed by atoms with Crippen molar-refractivity contribution < 1.29 is 23.9 Å². The van der Waals surface area contributed by atoms with Gasteiger partial charge < -0.3 is 19.5 Å². The minimum Gasteiger partial charge on any atom is -0.508 e. The minimum absolute atomic E-state index is 0.140. The Balaban J connectivity index is 1.40. The Morgan fingerprint density at radius 2 is 1.56 bits per heavy atom. The van der Waals surface area contributed by atoms with E-state index >= 15 is 0 Å². The second kappa shape index (κ2) is 10.4. The second-order valence-corrected chi connectivity index (χ2v) is 9.32. The maximum Gasteiger partial charge on any atom is 0.175 e. The molecule has 0 bridgehead atoms. The monoisotopic (exact) mass is 488 g/mol. The standard InChI is InChI=1S/C29H29FN2O4/c1-19(32-15-14-20(16-30)17-32)18-35-26-12-6-21(7-13-26)27-28(22-2-8-24(33)9-3-22)31-36-29(27)23-4-10-25(34)11-5-23/h2-13,19-20,33-34H,14-18H2,1H3. The van der Waals surface area contributed by atoms with Gasteiger partial charge in [-0.05, 0) is 86.1 Å². The van der Waals surface area contributed by atoms with E-state index in [2.05, 4.69) is 17.0 Å². The number of phenols is 2. The molecule has 0 spiro atoms. The third-order valence-electron chi connectivity index (χ3n) is 6.76. The first-order valence-electron chi connectivity index (χ1n) is 12.1. The summed E-state index contributed by atoms with van der Waals surface area (Å²) in [7, 11) is 0. The number of halogens is 1. The number of benzene rings is 3. The summed E-state index contributed by atoms with van der Waals surface area (Å²) in [6.07, 6.45) is 0.904. The lowest BCUT2D eigenvalue weighted by atomic mass is 9.96. The number of likely N-dealkylation sites (tertiary alicyclic amines) is 1. The summed E-state index contributed by atoms with van der Waals surface area (Å²) in [5.41, 5.74) is 3.94. The van der Waals surface area contributed by atoms with Crippen LogP contribution in [-0.2, 0) is 0 Å². The zero-order valence-electron chi connectivity index (χ0n) is 20.1. The van der Waals surface area contributed by atoms with Gasteiger partial charge in [-0.25, -0.2) is 0 Å². The van der Waals surface area contributed by atoms with Crippen LogP contribution in [0.25, 0.3) is 33.7 Å². The molecule has 0 aliphatic carbocycles. The zero-order valence-corrected chi connectivity index (χ0v) is 20.1. The van der Waals surface area contributed by atoms with Gasteiger partial charge in [0.05, 0.1) is 12.2 Å². The Labute approximate surface area is 209 Å². The molecule has 0 saturated carbocycles. The molecule has 0 amide bonds. The predicted octanol–water partition coefficient (Wildman–Crippen LogP) is 6.15.